The zero-order valence-electron chi connectivity index (χ0n) is 10.5. The number of methoxy groups -OCH3 is 1. The Hall–Kier alpha value is -1.68. The molecule has 0 aliphatic carbocycles. The van der Waals surface area contributed by atoms with Gasteiger partial charge in [0.1, 0.15) is 5.75 Å². The number of rotatable bonds is 4. The van der Waals surface area contributed by atoms with E-state index >= 15 is 0 Å². The molecule has 1 heterocycles. The first-order valence-corrected chi connectivity index (χ1v) is 6.66. The summed E-state index contributed by atoms with van der Waals surface area (Å²) in [7, 11) is 1.65. The maximum Gasteiger partial charge on any atom is 0.120 e. The number of nitrogen functional groups attached to an aromatic ring is 1. The number of nitrogens with zero attached hydrogens (tertiary/aromatic N) is 1. The average molecular weight is 260 g/mol. The molecule has 18 heavy (non-hydrogen) atoms. The summed E-state index contributed by atoms with van der Waals surface area (Å²) >= 11 is 1.67. The third-order valence-electron chi connectivity index (χ3n) is 2.54. The molecular weight excluding hydrogens is 244 g/mol. The van der Waals surface area contributed by atoms with E-state index in [1.165, 1.54) is 0 Å². The number of aryl methyl sites for hydroxylation is 1. The summed E-state index contributed by atoms with van der Waals surface area (Å²) < 4.78 is 5.20. The largest absolute Gasteiger partial charge is 0.497 e. The lowest BCUT2D eigenvalue weighted by atomic mass is 10.3. The van der Waals surface area contributed by atoms with E-state index in [-0.39, 0.29) is 0 Å². The van der Waals surface area contributed by atoms with Crippen LogP contribution in [0.4, 0.5) is 5.69 Å². The first kappa shape index (κ1) is 12.8. The number of hydrogen-bond acceptors (Lipinski definition) is 4. The molecule has 0 amide bonds. The van der Waals surface area contributed by atoms with Crippen LogP contribution in [0, 0.1) is 6.92 Å². The molecule has 0 aliphatic heterocycles. The highest BCUT2D eigenvalue weighted by Gasteiger charge is 2.04. The molecule has 3 nitrogen and oxygen atoms in total. The van der Waals surface area contributed by atoms with E-state index in [0.29, 0.717) is 0 Å². The predicted molar refractivity (Wildman–Crippen MR) is 75.9 cm³/mol. The summed E-state index contributed by atoms with van der Waals surface area (Å²) in [5.41, 5.74) is 8.80. The van der Waals surface area contributed by atoms with Gasteiger partial charge < -0.3 is 10.5 Å². The summed E-state index contributed by atoms with van der Waals surface area (Å²) in [6.07, 6.45) is 0. The summed E-state index contributed by atoms with van der Waals surface area (Å²) in [4.78, 5) is 5.49. The molecule has 4 heteroatoms. The van der Waals surface area contributed by atoms with Gasteiger partial charge in [-0.15, -0.1) is 11.8 Å². The van der Waals surface area contributed by atoms with Gasteiger partial charge in [0.2, 0.25) is 0 Å². The van der Waals surface area contributed by atoms with Crippen LogP contribution < -0.4 is 10.5 Å². The molecule has 0 radical (unpaired) electrons. The number of ether oxygens (including phenoxy) is 1. The number of hydrogen-bond donors (Lipinski definition) is 1. The van der Waals surface area contributed by atoms with Gasteiger partial charge in [0.05, 0.1) is 12.8 Å². The molecule has 1 aromatic heterocycles. The van der Waals surface area contributed by atoms with Crippen LogP contribution in [0.15, 0.2) is 41.3 Å². The van der Waals surface area contributed by atoms with E-state index in [1.807, 2.05) is 43.3 Å². The Bertz CT molecular complexity index is 543. The van der Waals surface area contributed by atoms with Crippen molar-refractivity contribution in [2.45, 2.75) is 17.6 Å². The average Bonchev–Trinajstić information content (AvgIpc) is 2.38. The Morgan fingerprint density at radius 2 is 2.11 bits per heavy atom. The first-order chi connectivity index (χ1) is 8.69. The van der Waals surface area contributed by atoms with Crippen molar-refractivity contribution in [1.29, 1.82) is 0 Å². The van der Waals surface area contributed by atoms with Crippen LogP contribution in [-0.2, 0) is 5.75 Å². The Kier molecular flexibility index (Phi) is 4.10. The molecule has 0 unspecified atom stereocenters. The Morgan fingerprint density at radius 3 is 2.83 bits per heavy atom. The van der Waals surface area contributed by atoms with Gasteiger partial charge in [-0.25, -0.2) is 0 Å². The Labute approximate surface area is 111 Å². The van der Waals surface area contributed by atoms with Crippen molar-refractivity contribution < 1.29 is 4.74 Å². The van der Waals surface area contributed by atoms with E-state index in [4.69, 9.17) is 10.5 Å². The fourth-order valence-electron chi connectivity index (χ4n) is 1.60. The molecule has 1 aromatic carbocycles. The van der Waals surface area contributed by atoms with E-state index in [1.54, 1.807) is 18.9 Å². The lowest BCUT2D eigenvalue weighted by molar-refractivity contribution is 0.414. The molecule has 94 valence electrons. The van der Waals surface area contributed by atoms with Crippen LogP contribution in [0.5, 0.6) is 5.75 Å². The van der Waals surface area contributed by atoms with Gasteiger partial charge in [-0.2, -0.15) is 0 Å². The second kappa shape index (κ2) is 5.78. The summed E-state index contributed by atoms with van der Waals surface area (Å²) in [6.45, 7) is 1.99. The van der Waals surface area contributed by atoms with Gasteiger partial charge in [0, 0.05) is 22.0 Å². The van der Waals surface area contributed by atoms with Crippen LogP contribution in [-0.4, -0.2) is 12.1 Å². The lowest BCUT2D eigenvalue weighted by Crippen LogP contribution is -1.92. The van der Waals surface area contributed by atoms with Gasteiger partial charge in [-0.1, -0.05) is 6.07 Å². The van der Waals surface area contributed by atoms with Crippen LogP contribution in [0.2, 0.25) is 0 Å². The Morgan fingerprint density at radius 1 is 1.28 bits per heavy atom. The zero-order valence-corrected chi connectivity index (χ0v) is 11.3. The molecule has 0 saturated carbocycles. The molecule has 0 spiro atoms. The van der Waals surface area contributed by atoms with Crippen LogP contribution >= 0.6 is 11.8 Å². The second-order valence-electron chi connectivity index (χ2n) is 3.96. The minimum absolute atomic E-state index is 0.772. The zero-order chi connectivity index (χ0) is 13.0. The van der Waals surface area contributed by atoms with Crippen LogP contribution in [0.25, 0.3) is 0 Å². The third kappa shape index (κ3) is 3.17. The standard InChI is InChI=1S/C14H16N2OS/c1-10-4-3-5-11(16-10)9-18-14-8-12(17-2)6-7-13(14)15/h3-8H,9,15H2,1-2H3. The van der Waals surface area contributed by atoms with Crippen molar-refractivity contribution in [2.24, 2.45) is 0 Å². The summed E-state index contributed by atoms with van der Waals surface area (Å²) in [5, 5.41) is 0. The highest BCUT2D eigenvalue weighted by Crippen LogP contribution is 2.31. The summed E-state index contributed by atoms with van der Waals surface area (Å²) in [6, 6.07) is 11.7. The van der Waals surface area contributed by atoms with Gasteiger partial charge >= 0.3 is 0 Å². The minimum Gasteiger partial charge on any atom is -0.497 e. The normalized spacial score (nSPS) is 10.3. The van der Waals surface area contributed by atoms with E-state index in [0.717, 1.165) is 33.5 Å². The Balaban J connectivity index is 2.10. The minimum atomic E-state index is 0.772. The summed E-state index contributed by atoms with van der Waals surface area (Å²) in [5.74, 6) is 1.63. The van der Waals surface area contributed by atoms with Crippen molar-refractivity contribution in [3.8, 4) is 5.75 Å². The fraction of sp³-hybridized carbons (Fsp3) is 0.214. The van der Waals surface area contributed by atoms with Crippen molar-refractivity contribution in [3.63, 3.8) is 0 Å². The van der Waals surface area contributed by atoms with Gasteiger partial charge in [-0.3, -0.25) is 4.98 Å². The molecule has 2 aromatic rings. The molecule has 0 saturated heterocycles. The number of nitrogens with two attached hydrogens (primary N) is 1. The number of benzene rings is 1. The third-order valence-corrected chi connectivity index (χ3v) is 3.65. The number of pyridine rings is 1. The SMILES string of the molecule is COc1ccc(N)c(SCc2cccc(C)n2)c1. The van der Waals surface area contributed by atoms with Crippen molar-refractivity contribution >= 4 is 17.4 Å². The highest BCUT2D eigenvalue weighted by atomic mass is 32.2. The number of aromatic nitrogens is 1. The van der Waals surface area contributed by atoms with Gasteiger partial charge in [0.25, 0.3) is 0 Å². The maximum atomic E-state index is 5.94. The molecule has 2 rings (SSSR count). The quantitative estimate of drug-likeness (QED) is 0.677. The molecule has 0 aliphatic rings. The smallest absolute Gasteiger partial charge is 0.120 e. The van der Waals surface area contributed by atoms with E-state index in [2.05, 4.69) is 4.98 Å². The predicted octanol–water partition coefficient (Wildman–Crippen LogP) is 3.27. The topological polar surface area (TPSA) is 48.1 Å². The van der Waals surface area contributed by atoms with Crippen molar-refractivity contribution in [1.82, 2.24) is 4.98 Å². The van der Waals surface area contributed by atoms with Crippen molar-refractivity contribution in [2.75, 3.05) is 12.8 Å². The maximum absolute atomic E-state index is 5.94. The molecular formula is C14H16N2OS. The fourth-order valence-corrected chi connectivity index (χ4v) is 2.50. The number of anilines is 1. The molecule has 0 fully saturated rings. The molecule has 0 atom stereocenters. The monoisotopic (exact) mass is 260 g/mol. The molecule has 0 bridgehead atoms. The first-order valence-electron chi connectivity index (χ1n) is 5.68. The van der Waals surface area contributed by atoms with Gasteiger partial charge in [-0.05, 0) is 37.3 Å². The van der Waals surface area contributed by atoms with E-state index in [9.17, 15) is 0 Å². The lowest BCUT2D eigenvalue weighted by Gasteiger charge is -2.07. The van der Waals surface area contributed by atoms with Crippen LogP contribution in [0.1, 0.15) is 11.4 Å². The second-order valence-corrected chi connectivity index (χ2v) is 4.98. The molecule has 2 N–H and O–H groups in total. The van der Waals surface area contributed by atoms with Crippen molar-refractivity contribution in [3.05, 3.63) is 47.8 Å². The van der Waals surface area contributed by atoms with Crippen LogP contribution in [0.3, 0.4) is 0 Å². The van der Waals surface area contributed by atoms with E-state index < -0.39 is 0 Å². The van der Waals surface area contributed by atoms with Gasteiger partial charge in [0.15, 0.2) is 0 Å². The highest BCUT2D eigenvalue weighted by molar-refractivity contribution is 7.98. The number of thioether (sulfide) groups is 1.